The first-order valence-electron chi connectivity index (χ1n) is 5.95. The molecule has 1 aromatic carbocycles. The predicted molar refractivity (Wildman–Crippen MR) is 73.8 cm³/mol. The SMILES string of the molecule is C=CC(NCCC)C(C)Oc1cccc(Cl)c1. The lowest BCUT2D eigenvalue weighted by atomic mass is 10.1. The molecule has 3 heteroatoms. The molecule has 0 saturated carbocycles. The van der Waals surface area contributed by atoms with Gasteiger partial charge in [-0.05, 0) is 38.1 Å². The highest BCUT2D eigenvalue weighted by molar-refractivity contribution is 6.30. The van der Waals surface area contributed by atoms with Gasteiger partial charge in [0, 0.05) is 5.02 Å². The summed E-state index contributed by atoms with van der Waals surface area (Å²) in [5, 5.41) is 4.06. The summed E-state index contributed by atoms with van der Waals surface area (Å²) in [5.41, 5.74) is 0. The Bertz CT molecular complexity index is 354. The van der Waals surface area contributed by atoms with Crippen molar-refractivity contribution in [2.24, 2.45) is 0 Å². The Kier molecular flexibility index (Phi) is 6.09. The Labute approximate surface area is 109 Å². The molecule has 1 aromatic rings. The summed E-state index contributed by atoms with van der Waals surface area (Å²) in [6.07, 6.45) is 3.00. The third kappa shape index (κ3) is 4.80. The number of halogens is 1. The van der Waals surface area contributed by atoms with Gasteiger partial charge in [-0.1, -0.05) is 30.7 Å². The highest BCUT2D eigenvalue weighted by atomic mass is 35.5. The van der Waals surface area contributed by atoms with Gasteiger partial charge in [-0.2, -0.15) is 0 Å². The smallest absolute Gasteiger partial charge is 0.121 e. The third-order valence-corrected chi connectivity index (χ3v) is 2.74. The molecule has 0 spiro atoms. The highest BCUT2D eigenvalue weighted by Crippen LogP contribution is 2.19. The number of nitrogens with one attached hydrogen (secondary N) is 1. The quantitative estimate of drug-likeness (QED) is 0.749. The van der Waals surface area contributed by atoms with Gasteiger partial charge >= 0.3 is 0 Å². The van der Waals surface area contributed by atoms with Crippen LogP contribution in [0.4, 0.5) is 0 Å². The van der Waals surface area contributed by atoms with Crippen LogP contribution in [-0.4, -0.2) is 18.7 Å². The molecule has 0 saturated heterocycles. The normalized spacial score (nSPS) is 14.1. The van der Waals surface area contributed by atoms with Crippen LogP contribution in [0.25, 0.3) is 0 Å². The number of hydrogen-bond acceptors (Lipinski definition) is 2. The van der Waals surface area contributed by atoms with Crippen molar-refractivity contribution >= 4 is 11.6 Å². The van der Waals surface area contributed by atoms with E-state index in [1.54, 1.807) is 0 Å². The zero-order valence-corrected chi connectivity index (χ0v) is 11.2. The first-order valence-corrected chi connectivity index (χ1v) is 6.33. The number of rotatable bonds is 7. The van der Waals surface area contributed by atoms with Crippen LogP contribution in [0.5, 0.6) is 5.75 Å². The molecule has 1 N–H and O–H groups in total. The van der Waals surface area contributed by atoms with Crippen molar-refractivity contribution < 1.29 is 4.74 Å². The number of ether oxygens (including phenoxy) is 1. The number of hydrogen-bond donors (Lipinski definition) is 1. The maximum Gasteiger partial charge on any atom is 0.121 e. The van der Waals surface area contributed by atoms with E-state index in [2.05, 4.69) is 18.8 Å². The van der Waals surface area contributed by atoms with Crippen LogP contribution < -0.4 is 10.1 Å². The van der Waals surface area contributed by atoms with E-state index in [1.807, 2.05) is 37.3 Å². The summed E-state index contributed by atoms with van der Waals surface area (Å²) in [4.78, 5) is 0. The van der Waals surface area contributed by atoms with Crippen molar-refractivity contribution in [3.8, 4) is 5.75 Å². The molecule has 0 heterocycles. The Balaban J connectivity index is 2.57. The van der Waals surface area contributed by atoms with Crippen LogP contribution >= 0.6 is 11.6 Å². The van der Waals surface area contributed by atoms with Crippen molar-refractivity contribution in [1.29, 1.82) is 0 Å². The van der Waals surface area contributed by atoms with Crippen molar-refractivity contribution in [2.75, 3.05) is 6.54 Å². The Morgan fingerprint density at radius 3 is 2.88 bits per heavy atom. The molecular formula is C14H20ClNO. The van der Waals surface area contributed by atoms with Crippen LogP contribution in [0, 0.1) is 0 Å². The van der Waals surface area contributed by atoms with E-state index in [0.29, 0.717) is 5.02 Å². The van der Waals surface area contributed by atoms with Crippen LogP contribution in [0.15, 0.2) is 36.9 Å². The third-order valence-electron chi connectivity index (χ3n) is 2.51. The summed E-state index contributed by atoms with van der Waals surface area (Å²) < 4.78 is 5.83. The van der Waals surface area contributed by atoms with E-state index in [4.69, 9.17) is 16.3 Å². The maximum atomic E-state index is 5.91. The van der Waals surface area contributed by atoms with Gasteiger partial charge in [0.15, 0.2) is 0 Å². The minimum atomic E-state index is 0.0255. The fourth-order valence-electron chi connectivity index (χ4n) is 1.58. The fourth-order valence-corrected chi connectivity index (χ4v) is 1.76. The second-order valence-corrected chi connectivity index (χ2v) is 4.43. The number of benzene rings is 1. The summed E-state index contributed by atoms with van der Waals surface area (Å²) in [6.45, 7) is 8.94. The summed E-state index contributed by atoms with van der Waals surface area (Å²) in [7, 11) is 0. The molecular weight excluding hydrogens is 234 g/mol. The molecule has 2 nitrogen and oxygen atoms in total. The van der Waals surface area contributed by atoms with Gasteiger partial charge in [0.25, 0.3) is 0 Å². The zero-order valence-electron chi connectivity index (χ0n) is 10.4. The average Bonchev–Trinajstić information content (AvgIpc) is 2.30. The summed E-state index contributed by atoms with van der Waals surface area (Å²) >= 11 is 5.91. The highest BCUT2D eigenvalue weighted by Gasteiger charge is 2.14. The fraction of sp³-hybridized carbons (Fsp3) is 0.429. The molecule has 0 radical (unpaired) electrons. The lowest BCUT2D eigenvalue weighted by molar-refractivity contribution is 0.190. The first-order chi connectivity index (χ1) is 8.17. The largest absolute Gasteiger partial charge is 0.489 e. The molecule has 1 rings (SSSR count). The molecule has 0 bridgehead atoms. The predicted octanol–water partition coefficient (Wildman–Crippen LogP) is 3.66. The lowest BCUT2D eigenvalue weighted by Gasteiger charge is -2.23. The van der Waals surface area contributed by atoms with E-state index in [9.17, 15) is 0 Å². The molecule has 0 fully saturated rings. The van der Waals surface area contributed by atoms with Gasteiger partial charge in [0.1, 0.15) is 11.9 Å². The van der Waals surface area contributed by atoms with Gasteiger partial charge < -0.3 is 10.1 Å². The van der Waals surface area contributed by atoms with Crippen molar-refractivity contribution in [3.05, 3.63) is 41.9 Å². The average molecular weight is 254 g/mol. The monoisotopic (exact) mass is 253 g/mol. The Morgan fingerprint density at radius 1 is 1.53 bits per heavy atom. The zero-order chi connectivity index (χ0) is 12.7. The van der Waals surface area contributed by atoms with Gasteiger partial charge in [0.2, 0.25) is 0 Å². The lowest BCUT2D eigenvalue weighted by Crippen LogP contribution is -2.40. The molecule has 0 amide bonds. The van der Waals surface area contributed by atoms with Crippen LogP contribution in [-0.2, 0) is 0 Å². The Hall–Kier alpha value is -0.990. The molecule has 2 unspecified atom stereocenters. The summed E-state index contributed by atoms with van der Waals surface area (Å²) in [5.74, 6) is 0.787. The Morgan fingerprint density at radius 2 is 2.29 bits per heavy atom. The molecule has 2 atom stereocenters. The van der Waals surface area contributed by atoms with E-state index < -0.39 is 0 Å². The van der Waals surface area contributed by atoms with Crippen LogP contribution in [0.2, 0.25) is 5.02 Å². The molecule has 0 aliphatic heterocycles. The minimum Gasteiger partial charge on any atom is -0.489 e. The topological polar surface area (TPSA) is 21.3 Å². The van der Waals surface area contributed by atoms with Gasteiger partial charge in [-0.3, -0.25) is 0 Å². The van der Waals surface area contributed by atoms with Gasteiger partial charge in [-0.15, -0.1) is 6.58 Å². The van der Waals surface area contributed by atoms with Crippen LogP contribution in [0.3, 0.4) is 0 Å². The molecule has 17 heavy (non-hydrogen) atoms. The molecule has 0 aromatic heterocycles. The van der Waals surface area contributed by atoms with Crippen molar-refractivity contribution in [1.82, 2.24) is 5.32 Å². The van der Waals surface area contributed by atoms with E-state index in [1.165, 1.54) is 0 Å². The van der Waals surface area contributed by atoms with Crippen LogP contribution in [0.1, 0.15) is 20.3 Å². The second kappa shape index (κ2) is 7.36. The summed E-state index contributed by atoms with van der Waals surface area (Å²) in [6, 6.07) is 7.58. The van der Waals surface area contributed by atoms with Gasteiger partial charge in [0.05, 0.1) is 6.04 Å². The van der Waals surface area contributed by atoms with Crippen molar-refractivity contribution in [3.63, 3.8) is 0 Å². The maximum absolute atomic E-state index is 5.91. The standard InChI is InChI=1S/C14H20ClNO/c1-4-9-16-14(5-2)11(3)17-13-8-6-7-12(15)10-13/h5-8,10-11,14,16H,2,4,9H2,1,3H3. The minimum absolute atomic E-state index is 0.0255. The van der Waals surface area contributed by atoms with E-state index in [-0.39, 0.29) is 12.1 Å². The molecule has 94 valence electrons. The van der Waals surface area contributed by atoms with E-state index in [0.717, 1.165) is 18.7 Å². The van der Waals surface area contributed by atoms with Crippen molar-refractivity contribution in [2.45, 2.75) is 32.4 Å². The molecule has 0 aliphatic carbocycles. The first kappa shape index (κ1) is 14.1. The van der Waals surface area contributed by atoms with Gasteiger partial charge in [-0.25, -0.2) is 0 Å². The molecule has 0 aliphatic rings. The van der Waals surface area contributed by atoms with E-state index >= 15 is 0 Å². The second-order valence-electron chi connectivity index (χ2n) is 4.00.